The average Bonchev–Trinajstić information content (AvgIpc) is 2.90. The summed E-state index contributed by atoms with van der Waals surface area (Å²) in [4.78, 5) is 23.5. The number of aromatic amines is 1. The Balaban J connectivity index is 2.21. The third-order valence-corrected chi connectivity index (χ3v) is 3.23. The smallest absolute Gasteiger partial charge is 0.316 e. The Labute approximate surface area is 109 Å². The van der Waals surface area contributed by atoms with Gasteiger partial charge in [0.05, 0.1) is 16.8 Å². The summed E-state index contributed by atoms with van der Waals surface area (Å²) >= 11 is 0. The van der Waals surface area contributed by atoms with Crippen molar-refractivity contribution in [3.05, 3.63) is 35.0 Å². The molecule has 1 aliphatic rings. The summed E-state index contributed by atoms with van der Waals surface area (Å²) in [5, 5.41) is 9.54. The Hall–Kier alpha value is -2.63. The van der Waals surface area contributed by atoms with Crippen LogP contribution in [-0.4, -0.2) is 22.0 Å². The number of nitrogens with zero attached hydrogens (tertiary/aromatic N) is 1. The summed E-state index contributed by atoms with van der Waals surface area (Å²) < 4.78 is 0. The number of benzene rings is 1. The number of hydrogen-bond acceptors (Lipinski definition) is 3. The standard InChI is InChI=1S/C13H12N4O2/c1-2-7-10-11(17-16-7)6-4-3-5-8(15-13(14)19)9(6)12(10)18/h3-5H,2H2,1H3,(H,16,17)(H3,14,15,19). The lowest BCUT2D eigenvalue weighted by molar-refractivity contribution is 0.104. The van der Waals surface area contributed by atoms with E-state index in [9.17, 15) is 9.59 Å². The molecule has 0 saturated heterocycles. The molecule has 4 N–H and O–H groups in total. The van der Waals surface area contributed by atoms with Crippen LogP contribution >= 0.6 is 0 Å². The van der Waals surface area contributed by atoms with Gasteiger partial charge < -0.3 is 11.1 Å². The highest BCUT2D eigenvalue weighted by Crippen LogP contribution is 2.40. The molecule has 0 atom stereocenters. The number of rotatable bonds is 2. The maximum atomic E-state index is 12.5. The van der Waals surface area contributed by atoms with Gasteiger partial charge in [0.15, 0.2) is 5.78 Å². The number of carbonyl (C=O) groups is 2. The van der Waals surface area contributed by atoms with Gasteiger partial charge in [-0.3, -0.25) is 9.89 Å². The quantitative estimate of drug-likeness (QED) is 0.650. The molecule has 0 unspecified atom stereocenters. The molecule has 3 rings (SSSR count). The number of H-pyrrole nitrogens is 1. The molecule has 19 heavy (non-hydrogen) atoms. The minimum absolute atomic E-state index is 0.125. The Bertz CT molecular complexity index is 703. The van der Waals surface area contributed by atoms with Crippen LogP contribution in [0.2, 0.25) is 0 Å². The molecule has 1 aliphatic carbocycles. The molecule has 0 saturated carbocycles. The van der Waals surface area contributed by atoms with Crippen molar-refractivity contribution in [2.45, 2.75) is 13.3 Å². The van der Waals surface area contributed by atoms with Gasteiger partial charge in [-0.15, -0.1) is 0 Å². The van der Waals surface area contributed by atoms with E-state index in [0.29, 0.717) is 28.9 Å². The van der Waals surface area contributed by atoms with E-state index in [1.165, 1.54) is 0 Å². The number of nitrogens with two attached hydrogens (primary N) is 1. The van der Waals surface area contributed by atoms with E-state index in [0.717, 1.165) is 11.3 Å². The van der Waals surface area contributed by atoms with Crippen LogP contribution in [0.3, 0.4) is 0 Å². The molecule has 0 aliphatic heterocycles. The molecule has 1 aromatic heterocycles. The summed E-state index contributed by atoms with van der Waals surface area (Å²) in [6.45, 7) is 1.95. The van der Waals surface area contributed by atoms with Crippen LogP contribution in [-0.2, 0) is 6.42 Å². The van der Waals surface area contributed by atoms with E-state index in [1.807, 2.05) is 13.0 Å². The maximum absolute atomic E-state index is 12.5. The Kier molecular flexibility index (Phi) is 2.38. The van der Waals surface area contributed by atoms with Crippen molar-refractivity contribution in [2.24, 2.45) is 5.73 Å². The van der Waals surface area contributed by atoms with E-state index in [2.05, 4.69) is 15.5 Å². The van der Waals surface area contributed by atoms with Crippen molar-refractivity contribution < 1.29 is 9.59 Å². The highest BCUT2D eigenvalue weighted by Gasteiger charge is 2.34. The average molecular weight is 256 g/mol. The molecule has 6 heteroatoms. The fourth-order valence-electron chi connectivity index (χ4n) is 2.43. The van der Waals surface area contributed by atoms with Crippen LogP contribution < -0.4 is 11.1 Å². The largest absolute Gasteiger partial charge is 0.351 e. The number of urea groups is 1. The molecule has 0 bridgehead atoms. The lowest BCUT2D eigenvalue weighted by Crippen LogP contribution is -2.20. The number of ketones is 1. The first-order valence-corrected chi connectivity index (χ1v) is 5.95. The first-order chi connectivity index (χ1) is 9.13. The zero-order valence-electron chi connectivity index (χ0n) is 10.3. The second-order valence-corrected chi connectivity index (χ2v) is 4.33. The van der Waals surface area contributed by atoms with E-state index in [4.69, 9.17) is 5.73 Å². The first kappa shape index (κ1) is 11.5. The molecular formula is C13H12N4O2. The van der Waals surface area contributed by atoms with Gasteiger partial charge in [0.1, 0.15) is 5.69 Å². The van der Waals surface area contributed by atoms with Gasteiger partial charge in [-0.2, -0.15) is 5.10 Å². The predicted octanol–water partition coefficient (Wildman–Crippen LogP) is 1.67. The molecule has 6 nitrogen and oxygen atoms in total. The van der Waals surface area contributed by atoms with E-state index in [-0.39, 0.29) is 5.78 Å². The highest BCUT2D eigenvalue weighted by molar-refractivity contribution is 6.25. The number of anilines is 1. The van der Waals surface area contributed by atoms with E-state index in [1.54, 1.807) is 12.1 Å². The minimum atomic E-state index is -0.692. The van der Waals surface area contributed by atoms with Gasteiger partial charge >= 0.3 is 6.03 Å². The molecule has 1 heterocycles. The van der Waals surface area contributed by atoms with E-state index >= 15 is 0 Å². The van der Waals surface area contributed by atoms with Gasteiger partial charge in [-0.1, -0.05) is 19.1 Å². The predicted molar refractivity (Wildman–Crippen MR) is 70.0 cm³/mol. The molecule has 2 aromatic rings. The van der Waals surface area contributed by atoms with Gasteiger partial charge in [-0.25, -0.2) is 4.79 Å². The Morgan fingerprint density at radius 3 is 2.89 bits per heavy atom. The molecular weight excluding hydrogens is 244 g/mol. The molecule has 2 amide bonds. The van der Waals surface area contributed by atoms with Crippen molar-refractivity contribution in [1.82, 2.24) is 10.2 Å². The number of amides is 2. The van der Waals surface area contributed by atoms with Crippen LogP contribution in [0, 0.1) is 0 Å². The lowest BCUT2D eigenvalue weighted by atomic mass is 10.1. The third-order valence-electron chi connectivity index (χ3n) is 3.23. The molecule has 0 spiro atoms. The Morgan fingerprint density at radius 1 is 1.42 bits per heavy atom. The number of aryl methyl sites for hydroxylation is 1. The highest BCUT2D eigenvalue weighted by atomic mass is 16.2. The van der Waals surface area contributed by atoms with Gasteiger partial charge in [0.25, 0.3) is 0 Å². The monoisotopic (exact) mass is 256 g/mol. The van der Waals surface area contributed by atoms with Crippen molar-refractivity contribution >= 4 is 17.5 Å². The maximum Gasteiger partial charge on any atom is 0.316 e. The zero-order chi connectivity index (χ0) is 13.6. The van der Waals surface area contributed by atoms with Crippen molar-refractivity contribution in [2.75, 3.05) is 5.32 Å². The van der Waals surface area contributed by atoms with Crippen molar-refractivity contribution in [1.29, 1.82) is 0 Å². The van der Waals surface area contributed by atoms with Crippen LogP contribution in [0.25, 0.3) is 11.3 Å². The summed E-state index contributed by atoms with van der Waals surface area (Å²) in [5.41, 5.74) is 8.77. The number of nitrogens with one attached hydrogen (secondary N) is 2. The second-order valence-electron chi connectivity index (χ2n) is 4.33. The zero-order valence-corrected chi connectivity index (χ0v) is 10.3. The minimum Gasteiger partial charge on any atom is -0.351 e. The van der Waals surface area contributed by atoms with Gasteiger partial charge in [0, 0.05) is 11.3 Å². The molecule has 96 valence electrons. The number of primary amides is 1. The van der Waals surface area contributed by atoms with Crippen LogP contribution in [0.1, 0.15) is 28.5 Å². The van der Waals surface area contributed by atoms with Crippen molar-refractivity contribution in [3.8, 4) is 11.3 Å². The number of hydrogen-bond donors (Lipinski definition) is 3. The lowest BCUT2D eigenvalue weighted by Gasteiger charge is -2.07. The van der Waals surface area contributed by atoms with E-state index < -0.39 is 6.03 Å². The van der Waals surface area contributed by atoms with Crippen LogP contribution in [0.4, 0.5) is 10.5 Å². The first-order valence-electron chi connectivity index (χ1n) is 5.95. The summed E-state index contributed by atoms with van der Waals surface area (Å²) in [6.07, 6.45) is 0.695. The summed E-state index contributed by atoms with van der Waals surface area (Å²) in [5.74, 6) is -0.125. The topological polar surface area (TPSA) is 101 Å². The summed E-state index contributed by atoms with van der Waals surface area (Å²) in [6, 6.07) is 4.53. The SMILES string of the molecule is CCc1[nH]nc2c1C(=O)c1c(NC(N)=O)cccc1-2. The number of aromatic nitrogens is 2. The second kappa shape index (κ2) is 3.94. The third kappa shape index (κ3) is 1.53. The normalized spacial score (nSPS) is 12.2. The molecule has 0 fully saturated rings. The fourth-order valence-corrected chi connectivity index (χ4v) is 2.43. The molecule has 0 radical (unpaired) electrons. The van der Waals surface area contributed by atoms with Crippen LogP contribution in [0.5, 0.6) is 0 Å². The van der Waals surface area contributed by atoms with Gasteiger partial charge in [0.2, 0.25) is 0 Å². The Morgan fingerprint density at radius 2 is 2.21 bits per heavy atom. The number of fused-ring (bicyclic) bond motifs is 3. The summed E-state index contributed by atoms with van der Waals surface area (Å²) in [7, 11) is 0. The van der Waals surface area contributed by atoms with Crippen LogP contribution in [0.15, 0.2) is 18.2 Å². The fraction of sp³-hybridized carbons (Fsp3) is 0.154. The van der Waals surface area contributed by atoms with Gasteiger partial charge in [-0.05, 0) is 12.5 Å². The van der Waals surface area contributed by atoms with Crippen molar-refractivity contribution in [3.63, 3.8) is 0 Å². The number of carbonyl (C=O) groups excluding carboxylic acids is 2. The molecule has 1 aromatic carbocycles.